The van der Waals surface area contributed by atoms with Crippen molar-refractivity contribution in [3.8, 4) is 23.0 Å². The van der Waals surface area contributed by atoms with Crippen molar-refractivity contribution >= 4 is 0 Å². The zero-order valence-corrected chi connectivity index (χ0v) is 12.0. The highest BCUT2D eigenvalue weighted by Crippen LogP contribution is 2.44. The van der Waals surface area contributed by atoms with Gasteiger partial charge in [0.2, 0.25) is 0 Å². The Morgan fingerprint density at radius 2 is 1.68 bits per heavy atom. The summed E-state index contributed by atoms with van der Waals surface area (Å²) in [5.74, 6) is -0.293. The molecule has 0 radical (unpaired) electrons. The monoisotopic (exact) mass is 299 g/mol. The van der Waals surface area contributed by atoms with Crippen molar-refractivity contribution in [2.24, 2.45) is 0 Å². The number of phenols is 4. The minimum Gasteiger partial charge on any atom is -0.504 e. The maximum Gasteiger partial charge on any atom is 0.162 e. The zero-order valence-electron chi connectivity index (χ0n) is 12.0. The molecule has 0 amide bonds. The van der Waals surface area contributed by atoms with Crippen LogP contribution in [0.1, 0.15) is 28.3 Å². The summed E-state index contributed by atoms with van der Waals surface area (Å²) in [4.78, 5) is 2.24. The highest BCUT2D eigenvalue weighted by molar-refractivity contribution is 5.53. The molecule has 0 fully saturated rings. The summed E-state index contributed by atoms with van der Waals surface area (Å²) in [6.07, 6.45) is 1.50. The second-order valence-electron chi connectivity index (χ2n) is 6.05. The van der Waals surface area contributed by atoms with Gasteiger partial charge in [0.25, 0.3) is 0 Å². The first kappa shape index (κ1) is 13.3. The number of aromatic hydroxyl groups is 4. The van der Waals surface area contributed by atoms with E-state index in [0.717, 1.165) is 35.2 Å². The van der Waals surface area contributed by atoms with Crippen molar-refractivity contribution in [1.82, 2.24) is 4.90 Å². The lowest BCUT2D eigenvalue weighted by Gasteiger charge is -2.41. The highest BCUT2D eigenvalue weighted by Gasteiger charge is 2.34. The van der Waals surface area contributed by atoms with Crippen LogP contribution in [0, 0.1) is 0 Å². The lowest BCUT2D eigenvalue weighted by molar-refractivity contribution is 0.157. The van der Waals surface area contributed by atoms with Crippen LogP contribution in [0.15, 0.2) is 24.3 Å². The van der Waals surface area contributed by atoms with E-state index in [1.807, 2.05) is 6.07 Å². The van der Waals surface area contributed by atoms with Crippen LogP contribution in [-0.2, 0) is 19.4 Å². The molecular weight excluding hydrogens is 282 g/mol. The van der Waals surface area contributed by atoms with Gasteiger partial charge >= 0.3 is 0 Å². The standard InChI is InChI=1S/C17H17NO4/c19-14-2-1-9-5-13-11-7-16(21)15(20)6-10(11)3-4-18(13)8-12(9)17(14)22/h1-2,6-7,13,19-22H,3-5,8H2/t13-/m1/s1. The molecule has 2 aromatic carbocycles. The molecule has 0 saturated carbocycles. The van der Waals surface area contributed by atoms with E-state index in [-0.39, 0.29) is 29.0 Å². The Morgan fingerprint density at radius 1 is 0.909 bits per heavy atom. The van der Waals surface area contributed by atoms with Crippen LogP contribution in [0.2, 0.25) is 0 Å². The fourth-order valence-corrected chi connectivity index (χ4v) is 3.65. The maximum absolute atomic E-state index is 10.1. The Bertz CT molecular complexity index is 772. The molecule has 0 bridgehead atoms. The van der Waals surface area contributed by atoms with Crippen LogP contribution in [0.5, 0.6) is 23.0 Å². The average Bonchev–Trinajstić information content (AvgIpc) is 2.51. The van der Waals surface area contributed by atoms with Gasteiger partial charge in [-0.05, 0) is 47.7 Å². The van der Waals surface area contributed by atoms with Crippen molar-refractivity contribution in [3.05, 3.63) is 46.5 Å². The quantitative estimate of drug-likeness (QED) is 0.560. The Labute approximate surface area is 127 Å². The molecule has 0 unspecified atom stereocenters. The summed E-state index contributed by atoms with van der Waals surface area (Å²) in [5.41, 5.74) is 3.88. The molecule has 4 rings (SSSR count). The van der Waals surface area contributed by atoms with Gasteiger partial charge in [-0.15, -0.1) is 0 Å². The van der Waals surface area contributed by atoms with Crippen LogP contribution < -0.4 is 0 Å². The van der Waals surface area contributed by atoms with E-state index in [9.17, 15) is 20.4 Å². The third-order valence-electron chi connectivity index (χ3n) is 4.84. The summed E-state index contributed by atoms with van der Waals surface area (Å²) in [5, 5.41) is 39.2. The highest BCUT2D eigenvalue weighted by atomic mass is 16.3. The van der Waals surface area contributed by atoms with Gasteiger partial charge < -0.3 is 20.4 Å². The first-order valence-electron chi connectivity index (χ1n) is 7.36. The van der Waals surface area contributed by atoms with Gasteiger partial charge in [-0.25, -0.2) is 0 Å². The summed E-state index contributed by atoms with van der Waals surface area (Å²) in [7, 11) is 0. The fraction of sp³-hybridized carbons (Fsp3) is 0.294. The van der Waals surface area contributed by atoms with Gasteiger partial charge in [0.05, 0.1) is 0 Å². The summed E-state index contributed by atoms with van der Waals surface area (Å²) >= 11 is 0. The predicted octanol–water partition coefficient (Wildman–Crippen LogP) is 2.16. The van der Waals surface area contributed by atoms with Gasteiger partial charge in [0, 0.05) is 24.7 Å². The van der Waals surface area contributed by atoms with Gasteiger partial charge in [0.1, 0.15) is 0 Å². The second-order valence-corrected chi connectivity index (χ2v) is 6.05. The van der Waals surface area contributed by atoms with Crippen LogP contribution >= 0.6 is 0 Å². The van der Waals surface area contributed by atoms with E-state index in [0.29, 0.717) is 13.0 Å². The van der Waals surface area contributed by atoms with Crippen LogP contribution in [0.4, 0.5) is 0 Å². The van der Waals surface area contributed by atoms with Crippen LogP contribution in [0.3, 0.4) is 0 Å². The number of nitrogens with zero attached hydrogens (tertiary/aromatic N) is 1. The van der Waals surface area contributed by atoms with E-state index >= 15 is 0 Å². The Kier molecular flexibility index (Phi) is 2.74. The van der Waals surface area contributed by atoms with E-state index < -0.39 is 0 Å². The van der Waals surface area contributed by atoms with Crippen molar-refractivity contribution in [2.45, 2.75) is 25.4 Å². The fourth-order valence-electron chi connectivity index (χ4n) is 3.65. The maximum atomic E-state index is 10.1. The smallest absolute Gasteiger partial charge is 0.162 e. The Balaban J connectivity index is 1.80. The Morgan fingerprint density at radius 3 is 2.50 bits per heavy atom. The molecule has 4 N–H and O–H groups in total. The van der Waals surface area contributed by atoms with Gasteiger partial charge in [-0.1, -0.05) is 6.07 Å². The van der Waals surface area contributed by atoms with Crippen LogP contribution in [-0.4, -0.2) is 31.9 Å². The van der Waals surface area contributed by atoms with Gasteiger partial charge in [-0.3, -0.25) is 4.90 Å². The lowest BCUT2D eigenvalue weighted by atomic mass is 9.83. The number of phenolic OH excluding ortho intramolecular Hbond substituents is 4. The second kappa shape index (κ2) is 4.55. The molecule has 5 nitrogen and oxygen atoms in total. The van der Waals surface area contributed by atoms with E-state index in [1.165, 1.54) is 6.07 Å². The van der Waals surface area contributed by atoms with Crippen molar-refractivity contribution in [1.29, 1.82) is 0 Å². The third kappa shape index (κ3) is 1.82. The Hall–Kier alpha value is -2.40. The first-order valence-corrected chi connectivity index (χ1v) is 7.36. The van der Waals surface area contributed by atoms with Crippen molar-refractivity contribution < 1.29 is 20.4 Å². The first-order chi connectivity index (χ1) is 10.5. The van der Waals surface area contributed by atoms with Gasteiger partial charge in [-0.2, -0.15) is 0 Å². The van der Waals surface area contributed by atoms with Crippen LogP contribution in [0.25, 0.3) is 0 Å². The summed E-state index contributed by atoms with van der Waals surface area (Å²) < 4.78 is 0. The SMILES string of the molecule is Oc1cc2c(cc1O)[C@H]1Cc3ccc(O)c(O)c3CN1CC2. The van der Waals surface area contributed by atoms with Gasteiger partial charge in [0.15, 0.2) is 23.0 Å². The summed E-state index contributed by atoms with van der Waals surface area (Å²) in [6, 6.07) is 6.77. The number of hydrogen-bond acceptors (Lipinski definition) is 5. The average molecular weight is 299 g/mol. The topological polar surface area (TPSA) is 84.2 Å². The lowest BCUT2D eigenvalue weighted by Crippen LogP contribution is -2.39. The molecule has 114 valence electrons. The number of fused-ring (bicyclic) bond motifs is 4. The third-order valence-corrected chi connectivity index (χ3v) is 4.84. The molecule has 2 aliphatic rings. The van der Waals surface area contributed by atoms with Crippen molar-refractivity contribution in [2.75, 3.05) is 6.54 Å². The normalized spacial score (nSPS) is 20.1. The largest absolute Gasteiger partial charge is 0.504 e. The number of rotatable bonds is 0. The summed E-state index contributed by atoms with van der Waals surface area (Å²) in [6.45, 7) is 1.39. The molecule has 0 aromatic heterocycles. The molecular formula is C17H17NO4. The predicted molar refractivity (Wildman–Crippen MR) is 80.1 cm³/mol. The van der Waals surface area contributed by atoms with E-state index in [2.05, 4.69) is 4.90 Å². The molecule has 22 heavy (non-hydrogen) atoms. The zero-order chi connectivity index (χ0) is 15.4. The minimum absolute atomic E-state index is 0.0321. The molecule has 0 spiro atoms. The molecule has 5 heteroatoms. The molecule has 2 aliphatic heterocycles. The molecule has 2 heterocycles. The number of hydrogen-bond donors (Lipinski definition) is 4. The molecule has 1 atom stereocenters. The molecule has 0 saturated heterocycles. The molecule has 0 aliphatic carbocycles. The molecule has 2 aromatic rings. The van der Waals surface area contributed by atoms with E-state index in [4.69, 9.17) is 0 Å². The van der Waals surface area contributed by atoms with E-state index in [1.54, 1.807) is 12.1 Å². The van der Waals surface area contributed by atoms with Crippen molar-refractivity contribution in [3.63, 3.8) is 0 Å². The minimum atomic E-state index is -0.0973. The number of benzene rings is 2.